The van der Waals surface area contributed by atoms with Crippen LogP contribution in [0.15, 0.2) is 36.5 Å². The third-order valence-electron chi connectivity index (χ3n) is 6.73. The molecule has 0 aliphatic heterocycles. The summed E-state index contributed by atoms with van der Waals surface area (Å²) in [7, 11) is 0. The van der Waals surface area contributed by atoms with Crippen LogP contribution in [-0.4, -0.2) is 37.0 Å². The third-order valence-corrected chi connectivity index (χ3v) is 6.73. The van der Waals surface area contributed by atoms with Gasteiger partial charge in [0.1, 0.15) is 6.10 Å². The van der Waals surface area contributed by atoms with Crippen molar-refractivity contribution in [2.24, 2.45) is 0 Å². The molecule has 0 amide bonds. The van der Waals surface area contributed by atoms with Gasteiger partial charge >= 0.3 is 5.97 Å². The summed E-state index contributed by atoms with van der Waals surface area (Å²) in [6.45, 7) is 5.20. The number of carbonyl (C=O) groups excluding carboxylic acids is 1. The van der Waals surface area contributed by atoms with Gasteiger partial charge in [0.15, 0.2) is 0 Å². The number of hydrogen-bond acceptors (Lipinski definition) is 4. The SMILES string of the molecule is CC/C=C\C/C=C\C/C=C\CCCCCC(=O)OC(CO)COCCCCCCCCCCCCCCC. The van der Waals surface area contributed by atoms with Crippen LogP contribution in [0.25, 0.3) is 0 Å². The molecule has 4 nitrogen and oxygen atoms in total. The Morgan fingerprint density at radius 1 is 0.658 bits per heavy atom. The Labute approximate surface area is 236 Å². The second kappa shape index (κ2) is 31.8. The maximum atomic E-state index is 12.1. The zero-order valence-corrected chi connectivity index (χ0v) is 25.2. The summed E-state index contributed by atoms with van der Waals surface area (Å²) in [5.74, 6) is -0.230. The summed E-state index contributed by atoms with van der Waals surface area (Å²) in [4.78, 5) is 12.1. The molecule has 0 aromatic rings. The molecule has 0 saturated carbocycles. The minimum absolute atomic E-state index is 0.182. The molecule has 0 rings (SSSR count). The third kappa shape index (κ3) is 29.2. The molecule has 1 N–H and O–H groups in total. The smallest absolute Gasteiger partial charge is 0.306 e. The van der Waals surface area contributed by atoms with Gasteiger partial charge < -0.3 is 14.6 Å². The van der Waals surface area contributed by atoms with E-state index in [0.29, 0.717) is 13.0 Å². The van der Waals surface area contributed by atoms with Gasteiger partial charge in [-0.05, 0) is 44.9 Å². The monoisotopic (exact) mass is 534 g/mol. The maximum absolute atomic E-state index is 12.1. The quantitative estimate of drug-likeness (QED) is 0.0589. The fourth-order valence-corrected chi connectivity index (χ4v) is 4.34. The molecule has 0 aromatic carbocycles. The van der Waals surface area contributed by atoms with E-state index in [1.54, 1.807) is 0 Å². The van der Waals surface area contributed by atoms with E-state index < -0.39 is 6.10 Å². The van der Waals surface area contributed by atoms with Gasteiger partial charge in [-0.15, -0.1) is 0 Å². The second-order valence-corrected chi connectivity index (χ2v) is 10.5. The van der Waals surface area contributed by atoms with Gasteiger partial charge in [-0.2, -0.15) is 0 Å². The van der Waals surface area contributed by atoms with E-state index in [9.17, 15) is 9.90 Å². The van der Waals surface area contributed by atoms with Gasteiger partial charge in [0.2, 0.25) is 0 Å². The van der Waals surface area contributed by atoms with Crippen LogP contribution < -0.4 is 0 Å². The van der Waals surface area contributed by atoms with Gasteiger partial charge in [-0.25, -0.2) is 0 Å². The van der Waals surface area contributed by atoms with E-state index in [0.717, 1.165) is 51.4 Å². The summed E-state index contributed by atoms with van der Waals surface area (Å²) >= 11 is 0. The normalized spacial score (nSPS) is 12.8. The van der Waals surface area contributed by atoms with E-state index in [4.69, 9.17) is 9.47 Å². The number of esters is 1. The van der Waals surface area contributed by atoms with E-state index in [2.05, 4.69) is 50.3 Å². The Morgan fingerprint density at radius 2 is 1.18 bits per heavy atom. The van der Waals surface area contributed by atoms with Crippen LogP contribution in [0, 0.1) is 0 Å². The van der Waals surface area contributed by atoms with Gasteiger partial charge in [-0.3, -0.25) is 4.79 Å². The highest BCUT2D eigenvalue weighted by Gasteiger charge is 2.13. The lowest BCUT2D eigenvalue weighted by Gasteiger charge is -2.15. The number of aliphatic hydroxyl groups is 1. The van der Waals surface area contributed by atoms with Crippen molar-refractivity contribution in [2.75, 3.05) is 19.8 Å². The van der Waals surface area contributed by atoms with Gasteiger partial charge in [0.05, 0.1) is 13.2 Å². The Bertz CT molecular complexity index is 567. The molecule has 0 saturated heterocycles. The first-order valence-electron chi connectivity index (χ1n) is 16.1. The summed E-state index contributed by atoms with van der Waals surface area (Å²) in [6.07, 6.45) is 37.4. The van der Waals surface area contributed by atoms with Crippen LogP contribution in [0.4, 0.5) is 0 Å². The van der Waals surface area contributed by atoms with Crippen molar-refractivity contribution < 1.29 is 19.4 Å². The molecule has 0 radical (unpaired) electrons. The second-order valence-electron chi connectivity index (χ2n) is 10.5. The predicted octanol–water partition coefficient (Wildman–Crippen LogP) is 9.81. The Morgan fingerprint density at radius 3 is 1.76 bits per heavy atom. The highest BCUT2D eigenvalue weighted by atomic mass is 16.6. The first-order valence-corrected chi connectivity index (χ1v) is 16.1. The topological polar surface area (TPSA) is 55.8 Å². The largest absolute Gasteiger partial charge is 0.457 e. The standard InChI is InChI=1S/C34H62O4/c1-3-5-7-9-11-13-15-17-19-21-23-25-27-29-34(36)38-33(31-35)32-37-30-28-26-24-22-20-18-16-14-12-10-8-6-4-2/h5,7,11,13,17,19,33,35H,3-4,6,8-10,12,14-16,18,20-32H2,1-2H3/b7-5-,13-11-,19-17-. The molecule has 222 valence electrons. The Balaban J connectivity index is 3.50. The maximum Gasteiger partial charge on any atom is 0.306 e. The highest BCUT2D eigenvalue weighted by Crippen LogP contribution is 2.13. The van der Waals surface area contributed by atoms with Crippen LogP contribution in [0.5, 0.6) is 0 Å². The van der Waals surface area contributed by atoms with E-state index in [-0.39, 0.29) is 19.2 Å². The Kier molecular flexibility index (Phi) is 30.7. The van der Waals surface area contributed by atoms with E-state index in [1.165, 1.54) is 77.0 Å². The average molecular weight is 535 g/mol. The molecular formula is C34H62O4. The van der Waals surface area contributed by atoms with Crippen LogP contribution in [-0.2, 0) is 14.3 Å². The van der Waals surface area contributed by atoms with Crippen molar-refractivity contribution in [1.82, 2.24) is 0 Å². The van der Waals surface area contributed by atoms with Gasteiger partial charge in [0, 0.05) is 13.0 Å². The van der Waals surface area contributed by atoms with Crippen molar-refractivity contribution in [3.63, 3.8) is 0 Å². The molecule has 0 aliphatic rings. The molecule has 0 fully saturated rings. The van der Waals surface area contributed by atoms with Crippen molar-refractivity contribution >= 4 is 5.97 Å². The summed E-state index contributed by atoms with van der Waals surface area (Å²) in [5.41, 5.74) is 0. The molecule has 0 bridgehead atoms. The molecule has 0 aliphatic carbocycles. The van der Waals surface area contributed by atoms with Crippen molar-refractivity contribution in [2.45, 2.75) is 155 Å². The summed E-state index contributed by atoms with van der Waals surface area (Å²) in [6, 6.07) is 0. The zero-order valence-electron chi connectivity index (χ0n) is 25.2. The minimum Gasteiger partial charge on any atom is -0.457 e. The van der Waals surface area contributed by atoms with Gasteiger partial charge in [-0.1, -0.05) is 134 Å². The highest BCUT2D eigenvalue weighted by molar-refractivity contribution is 5.69. The lowest BCUT2D eigenvalue weighted by Crippen LogP contribution is -2.27. The van der Waals surface area contributed by atoms with Crippen molar-refractivity contribution in [3.05, 3.63) is 36.5 Å². The molecule has 0 heterocycles. The average Bonchev–Trinajstić information content (AvgIpc) is 2.92. The molecule has 4 heteroatoms. The number of ether oxygens (including phenoxy) is 2. The fraction of sp³-hybridized carbons (Fsp3) is 0.794. The molecule has 38 heavy (non-hydrogen) atoms. The molecular weight excluding hydrogens is 472 g/mol. The zero-order chi connectivity index (χ0) is 27.8. The van der Waals surface area contributed by atoms with Crippen LogP contribution >= 0.6 is 0 Å². The lowest BCUT2D eigenvalue weighted by atomic mass is 10.0. The predicted molar refractivity (Wildman–Crippen MR) is 164 cm³/mol. The molecule has 1 atom stereocenters. The van der Waals surface area contributed by atoms with Crippen molar-refractivity contribution in [3.8, 4) is 0 Å². The van der Waals surface area contributed by atoms with E-state index >= 15 is 0 Å². The number of hydrogen-bond donors (Lipinski definition) is 1. The molecule has 1 unspecified atom stereocenters. The molecule has 0 spiro atoms. The van der Waals surface area contributed by atoms with Crippen LogP contribution in [0.2, 0.25) is 0 Å². The summed E-state index contributed by atoms with van der Waals surface area (Å²) in [5, 5.41) is 9.50. The van der Waals surface area contributed by atoms with Crippen molar-refractivity contribution in [1.29, 1.82) is 0 Å². The number of allylic oxidation sites excluding steroid dienone is 6. The van der Waals surface area contributed by atoms with E-state index in [1.807, 2.05) is 0 Å². The summed E-state index contributed by atoms with van der Waals surface area (Å²) < 4.78 is 11.0. The first-order chi connectivity index (χ1) is 18.7. The first kappa shape index (κ1) is 36.6. The minimum atomic E-state index is -0.544. The number of carbonyl (C=O) groups is 1. The molecule has 0 aromatic heterocycles. The van der Waals surface area contributed by atoms with Gasteiger partial charge in [0.25, 0.3) is 0 Å². The number of aliphatic hydroxyl groups excluding tert-OH is 1. The Hall–Kier alpha value is -1.39. The number of rotatable bonds is 29. The lowest BCUT2D eigenvalue weighted by molar-refractivity contribution is -0.154. The fourth-order valence-electron chi connectivity index (χ4n) is 4.34. The number of unbranched alkanes of at least 4 members (excludes halogenated alkanes) is 15. The van der Waals surface area contributed by atoms with Crippen LogP contribution in [0.1, 0.15) is 149 Å². The van der Waals surface area contributed by atoms with Crippen LogP contribution in [0.3, 0.4) is 0 Å².